The first-order chi connectivity index (χ1) is 11.8. The molecule has 5 rings (SSSR count). The highest BCUT2D eigenvalue weighted by Gasteiger charge is 2.36. The van der Waals surface area contributed by atoms with Gasteiger partial charge in [0.25, 0.3) is 5.91 Å². The second kappa shape index (κ2) is 5.22. The molecule has 124 valence electrons. The number of hydrogen-bond donors (Lipinski definition) is 0. The Hall–Kier alpha value is -2.57. The van der Waals surface area contributed by atoms with E-state index in [1.165, 1.54) is 0 Å². The van der Waals surface area contributed by atoms with Crippen LogP contribution in [0.1, 0.15) is 59.7 Å². The van der Waals surface area contributed by atoms with Crippen molar-refractivity contribution in [1.82, 2.24) is 15.0 Å². The first kappa shape index (κ1) is 13.8. The van der Waals surface area contributed by atoms with Crippen LogP contribution in [0.3, 0.4) is 0 Å². The summed E-state index contributed by atoms with van der Waals surface area (Å²) in [7, 11) is 0. The number of aromatic nitrogens is 2. The molecule has 24 heavy (non-hydrogen) atoms. The smallest absolute Gasteiger partial charge is 0.254 e. The van der Waals surface area contributed by atoms with E-state index in [1.807, 2.05) is 4.90 Å². The van der Waals surface area contributed by atoms with Gasteiger partial charge in [-0.15, -0.1) is 0 Å². The lowest BCUT2D eigenvalue weighted by molar-refractivity contribution is 0.0709. The van der Waals surface area contributed by atoms with E-state index in [1.54, 1.807) is 18.2 Å². The Balaban J connectivity index is 1.40. The summed E-state index contributed by atoms with van der Waals surface area (Å²) in [6, 6.07) is 5.15. The lowest BCUT2D eigenvalue weighted by Crippen LogP contribution is -2.30. The molecular formula is C17H17N3O4. The van der Waals surface area contributed by atoms with Crippen LogP contribution in [0.25, 0.3) is 0 Å². The number of benzene rings is 1. The number of nitrogens with zero attached hydrogens (tertiary/aromatic N) is 3. The molecule has 0 N–H and O–H groups in total. The number of rotatable bonds is 3. The average molecular weight is 327 g/mol. The summed E-state index contributed by atoms with van der Waals surface area (Å²) in [5, 5.41) is 4.08. The van der Waals surface area contributed by atoms with E-state index in [0.29, 0.717) is 35.4 Å². The van der Waals surface area contributed by atoms with E-state index in [0.717, 1.165) is 31.5 Å². The van der Waals surface area contributed by atoms with E-state index in [9.17, 15) is 4.79 Å². The topological polar surface area (TPSA) is 77.7 Å². The number of carbonyl (C=O) groups excluding carboxylic acids is 1. The van der Waals surface area contributed by atoms with Crippen molar-refractivity contribution in [1.29, 1.82) is 0 Å². The van der Waals surface area contributed by atoms with Crippen LogP contribution in [-0.2, 0) is 0 Å². The molecule has 0 bridgehead atoms. The van der Waals surface area contributed by atoms with E-state index < -0.39 is 0 Å². The molecule has 3 heterocycles. The standard InChI is InChI=1S/C17H17N3O4/c21-17(11-5-6-13-14(8-11)23-9-22-13)20-7-1-2-12(20)16-18-15(19-24-16)10-3-4-10/h5-6,8,10,12H,1-4,7,9H2. The number of carbonyl (C=O) groups is 1. The maximum absolute atomic E-state index is 12.9. The second-order valence-corrected chi connectivity index (χ2v) is 6.49. The fourth-order valence-electron chi connectivity index (χ4n) is 3.35. The third-order valence-electron chi connectivity index (χ3n) is 4.82. The molecule has 7 heteroatoms. The van der Waals surface area contributed by atoms with Crippen molar-refractivity contribution in [2.45, 2.75) is 37.6 Å². The summed E-state index contributed by atoms with van der Waals surface area (Å²) >= 11 is 0. The number of ether oxygens (including phenoxy) is 2. The normalized spacial score (nSPS) is 22.2. The summed E-state index contributed by atoms with van der Waals surface area (Å²) in [5.74, 6) is 3.04. The van der Waals surface area contributed by atoms with Crippen LogP contribution >= 0.6 is 0 Å². The highest BCUT2D eigenvalue weighted by atomic mass is 16.7. The summed E-state index contributed by atoms with van der Waals surface area (Å²) in [6.45, 7) is 0.893. The molecule has 2 aromatic rings. The van der Waals surface area contributed by atoms with Gasteiger partial charge in [-0.25, -0.2) is 0 Å². The summed E-state index contributed by atoms with van der Waals surface area (Å²) in [4.78, 5) is 19.3. The Morgan fingerprint density at radius 2 is 2.04 bits per heavy atom. The molecule has 1 unspecified atom stereocenters. The lowest BCUT2D eigenvalue weighted by Gasteiger charge is -2.22. The van der Waals surface area contributed by atoms with Gasteiger partial charge in [-0.2, -0.15) is 4.98 Å². The minimum atomic E-state index is -0.136. The Morgan fingerprint density at radius 3 is 2.92 bits per heavy atom. The Bertz CT molecular complexity index is 799. The molecule has 2 fully saturated rings. The molecule has 7 nitrogen and oxygen atoms in total. The van der Waals surface area contributed by atoms with E-state index in [2.05, 4.69) is 10.1 Å². The monoisotopic (exact) mass is 327 g/mol. The van der Waals surface area contributed by atoms with Crippen LogP contribution in [0, 0.1) is 0 Å². The molecule has 1 saturated carbocycles. The van der Waals surface area contributed by atoms with Gasteiger partial charge in [0.05, 0.1) is 0 Å². The molecule has 1 aromatic heterocycles. The fraction of sp³-hybridized carbons (Fsp3) is 0.471. The SMILES string of the molecule is O=C(c1ccc2c(c1)OCO2)N1CCCC1c1nc(C2CC2)no1. The van der Waals surface area contributed by atoms with Crippen molar-refractivity contribution >= 4 is 5.91 Å². The maximum atomic E-state index is 12.9. The number of amides is 1. The first-order valence-corrected chi connectivity index (χ1v) is 8.34. The second-order valence-electron chi connectivity index (χ2n) is 6.49. The Labute approximate surface area is 138 Å². The summed E-state index contributed by atoms with van der Waals surface area (Å²) in [5.41, 5.74) is 0.591. The molecule has 1 saturated heterocycles. The third-order valence-corrected chi connectivity index (χ3v) is 4.82. The van der Waals surface area contributed by atoms with Crippen LogP contribution in [-0.4, -0.2) is 34.3 Å². The van der Waals surface area contributed by atoms with E-state index in [4.69, 9.17) is 14.0 Å². The zero-order valence-corrected chi connectivity index (χ0v) is 13.1. The average Bonchev–Trinajstić information content (AvgIpc) is 3.06. The van der Waals surface area contributed by atoms with Gasteiger partial charge in [0.2, 0.25) is 12.7 Å². The Morgan fingerprint density at radius 1 is 1.17 bits per heavy atom. The zero-order chi connectivity index (χ0) is 16.1. The quantitative estimate of drug-likeness (QED) is 0.862. The van der Waals surface area contributed by atoms with Gasteiger partial charge in [-0.05, 0) is 43.9 Å². The van der Waals surface area contributed by atoms with Crippen molar-refractivity contribution in [2.75, 3.05) is 13.3 Å². The molecule has 1 amide bonds. The lowest BCUT2D eigenvalue weighted by atomic mass is 10.1. The van der Waals surface area contributed by atoms with Crippen LogP contribution in [0.2, 0.25) is 0 Å². The predicted octanol–water partition coefficient (Wildman–Crippen LogP) is 2.65. The van der Waals surface area contributed by atoms with Crippen molar-refractivity contribution in [3.05, 3.63) is 35.5 Å². The van der Waals surface area contributed by atoms with Crippen molar-refractivity contribution in [3.63, 3.8) is 0 Å². The largest absolute Gasteiger partial charge is 0.454 e. The minimum Gasteiger partial charge on any atom is -0.454 e. The van der Waals surface area contributed by atoms with E-state index in [-0.39, 0.29) is 18.7 Å². The first-order valence-electron chi connectivity index (χ1n) is 8.34. The number of likely N-dealkylation sites (tertiary alicyclic amines) is 1. The molecule has 1 aromatic carbocycles. The van der Waals surface area contributed by atoms with Gasteiger partial charge in [0.15, 0.2) is 17.3 Å². The van der Waals surface area contributed by atoms with Crippen molar-refractivity contribution < 1.29 is 18.8 Å². The van der Waals surface area contributed by atoms with Gasteiger partial charge >= 0.3 is 0 Å². The fourth-order valence-corrected chi connectivity index (χ4v) is 3.35. The molecule has 1 atom stereocenters. The van der Waals surface area contributed by atoms with Crippen molar-refractivity contribution in [3.8, 4) is 11.5 Å². The van der Waals surface area contributed by atoms with Crippen molar-refractivity contribution in [2.24, 2.45) is 0 Å². The van der Waals surface area contributed by atoms with Crippen LogP contribution in [0.15, 0.2) is 22.7 Å². The maximum Gasteiger partial charge on any atom is 0.254 e. The zero-order valence-electron chi connectivity index (χ0n) is 13.1. The summed E-state index contributed by atoms with van der Waals surface area (Å²) in [6.07, 6.45) is 4.04. The van der Waals surface area contributed by atoms with Gasteiger partial charge in [0, 0.05) is 18.0 Å². The van der Waals surface area contributed by atoms with Gasteiger partial charge in [0.1, 0.15) is 6.04 Å². The van der Waals surface area contributed by atoms with Gasteiger partial charge in [-0.3, -0.25) is 4.79 Å². The Kier molecular flexibility index (Phi) is 3.01. The minimum absolute atomic E-state index is 0.0398. The number of hydrogen-bond acceptors (Lipinski definition) is 6. The highest BCUT2D eigenvalue weighted by molar-refractivity contribution is 5.95. The predicted molar refractivity (Wildman–Crippen MR) is 81.8 cm³/mol. The number of fused-ring (bicyclic) bond motifs is 1. The van der Waals surface area contributed by atoms with Crippen LogP contribution in [0.5, 0.6) is 11.5 Å². The van der Waals surface area contributed by atoms with Gasteiger partial charge in [-0.1, -0.05) is 5.16 Å². The molecule has 0 spiro atoms. The third kappa shape index (κ3) is 2.23. The molecule has 2 aliphatic heterocycles. The highest BCUT2D eigenvalue weighted by Crippen LogP contribution is 2.40. The van der Waals surface area contributed by atoms with Crippen LogP contribution < -0.4 is 9.47 Å². The molecule has 0 radical (unpaired) electrons. The summed E-state index contributed by atoms with van der Waals surface area (Å²) < 4.78 is 16.1. The molecule has 3 aliphatic rings. The molecular weight excluding hydrogens is 310 g/mol. The molecule has 1 aliphatic carbocycles. The van der Waals surface area contributed by atoms with E-state index >= 15 is 0 Å². The van der Waals surface area contributed by atoms with Crippen LogP contribution in [0.4, 0.5) is 0 Å². The van der Waals surface area contributed by atoms with Gasteiger partial charge < -0.3 is 18.9 Å².